The molecule has 7 heavy (non-hydrogen) atoms. The molecule has 1 N–H and O–H groups in total. The molecule has 0 aromatic rings. The summed E-state index contributed by atoms with van der Waals surface area (Å²) in [6, 6.07) is 0. The van der Waals surface area contributed by atoms with Crippen LogP contribution in [-0.4, -0.2) is 66.4 Å². The predicted molar refractivity (Wildman–Crippen MR) is 39.0 cm³/mol. The first-order valence-corrected chi connectivity index (χ1v) is 3.19. The third kappa shape index (κ3) is 69.8. The van der Waals surface area contributed by atoms with Crippen molar-refractivity contribution < 1.29 is 13.0 Å². The Labute approximate surface area is 86.0 Å². The van der Waals surface area contributed by atoms with Gasteiger partial charge < -0.3 is 0 Å². The van der Waals surface area contributed by atoms with Gasteiger partial charge in [0.1, 0.15) is 0 Å². The first-order chi connectivity index (χ1) is 2.00. The number of hydrogen-bond acceptors (Lipinski definition) is 2. The molecule has 42 valence electrons. The van der Waals surface area contributed by atoms with Gasteiger partial charge in [0.25, 0.3) is 0 Å². The fraction of sp³-hybridized carbons (Fsp3) is 0. The Balaban J connectivity index is -0.0000000800. The maximum absolute atomic E-state index is 9.05. The van der Waals surface area contributed by atoms with Gasteiger partial charge in [0.05, 0.1) is 0 Å². The Morgan fingerprint density at radius 3 is 1.43 bits per heavy atom. The van der Waals surface area contributed by atoms with Crippen molar-refractivity contribution in [2.45, 2.75) is 0 Å². The van der Waals surface area contributed by atoms with Gasteiger partial charge >= 0.3 is 62.6 Å². The van der Waals surface area contributed by atoms with E-state index < -0.39 is 9.15 Å². The molecule has 3 nitrogen and oxygen atoms in total. The predicted octanol–water partition coefficient (Wildman–Crippen LogP) is -2.38. The molecule has 7 heteroatoms. The first-order valence-electron chi connectivity index (χ1n) is 0.698. The summed E-state index contributed by atoms with van der Waals surface area (Å²) in [5, 5.41) is 0. The molecule has 0 amide bonds. The Morgan fingerprint density at radius 1 is 1.43 bits per heavy atom. The Morgan fingerprint density at radius 2 is 1.43 bits per heavy atom. The average Bonchev–Trinajstić information content (AvgIpc) is 0.722. The molecule has 0 radical (unpaired) electrons. The van der Waals surface area contributed by atoms with Crippen molar-refractivity contribution in [2.24, 2.45) is 0 Å². The Hall–Kier alpha value is 2.06. The molecule has 0 rings (SSSR count). The van der Waals surface area contributed by atoms with Gasteiger partial charge in [-0.3, -0.25) is 4.55 Å². The van der Waals surface area contributed by atoms with Gasteiger partial charge in [-0.15, -0.1) is 0 Å². The normalized spacial score (nSPS) is 8.29. The topological polar surface area (TPSA) is 54.4 Å². The molecule has 0 saturated carbocycles. The number of thiol groups is 1. The molecule has 0 fully saturated rings. The van der Waals surface area contributed by atoms with Crippen LogP contribution >= 0.6 is 11.7 Å². The van der Waals surface area contributed by atoms with Gasteiger partial charge in [0.15, 0.2) is 0 Å². The molecule has 0 saturated heterocycles. The van der Waals surface area contributed by atoms with Crippen molar-refractivity contribution >= 4 is 74.3 Å². The van der Waals surface area contributed by atoms with E-state index in [1.54, 1.807) is 0 Å². The van der Waals surface area contributed by atoms with Crippen LogP contribution in [0.4, 0.5) is 0 Å². The minimum atomic E-state index is -3.97. The molecular formula is H7NaO3S2Sn. The van der Waals surface area contributed by atoms with E-state index in [1.165, 1.54) is 0 Å². The van der Waals surface area contributed by atoms with E-state index in [-0.39, 0.29) is 53.5 Å². The third-order valence-electron chi connectivity index (χ3n) is 0. The summed E-state index contributed by atoms with van der Waals surface area (Å²) in [5.74, 6) is 0. The second-order valence-corrected chi connectivity index (χ2v) is 2.73. The van der Waals surface area contributed by atoms with Crippen LogP contribution in [0.1, 0.15) is 0 Å². The molecule has 0 spiro atoms. The maximum atomic E-state index is 9.05. The standard InChI is InChI=1S/Na.H2O3S2.Sn.5H/c;1-5(2,3)4;;;;;;/h;(H2,1,2,3,4);;;;;;. The van der Waals surface area contributed by atoms with Crippen molar-refractivity contribution in [3.63, 3.8) is 0 Å². The molecule has 0 atom stereocenters. The second-order valence-electron chi connectivity index (χ2n) is 0.448. The second kappa shape index (κ2) is 6.18. The monoisotopic (exact) mass is 262 g/mol. The Bertz CT molecular complexity index is 96.1. The van der Waals surface area contributed by atoms with Crippen LogP contribution in [0.2, 0.25) is 0 Å². The van der Waals surface area contributed by atoms with Crippen molar-refractivity contribution in [1.29, 1.82) is 0 Å². The van der Waals surface area contributed by atoms with Crippen molar-refractivity contribution in [1.82, 2.24) is 0 Å². The Kier molecular flexibility index (Phi) is 14.2. The van der Waals surface area contributed by atoms with Crippen molar-refractivity contribution in [3.8, 4) is 0 Å². The van der Waals surface area contributed by atoms with E-state index >= 15 is 0 Å². The van der Waals surface area contributed by atoms with Crippen LogP contribution in [-0.2, 0) is 9.15 Å². The molecular weight excluding hydrogens is 254 g/mol. The van der Waals surface area contributed by atoms with E-state index in [4.69, 9.17) is 13.0 Å². The number of hydrogen-bond donors (Lipinski definition) is 2. The SMILES string of the molecule is O=S(=O)(O)S.[NaH].[SnH4]. The van der Waals surface area contributed by atoms with E-state index in [0.717, 1.165) is 0 Å². The quantitative estimate of drug-likeness (QED) is 0.221. The van der Waals surface area contributed by atoms with E-state index in [2.05, 4.69) is 11.7 Å². The fourth-order valence-electron chi connectivity index (χ4n) is 0. The molecule has 0 aliphatic heterocycles. The molecule has 0 bridgehead atoms. The van der Waals surface area contributed by atoms with Gasteiger partial charge in [-0.1, -0.05) is 0 Å². The van der Waals surface area contributed by atoms with Crippen LogP contribution in [0.25, 0.3) is 0 Å². The zero-order chi connectivity index (χ0) is 4.50. The van der Waals surface area contributed by atoms with Crippen molar-refractivity contribution in [2.75, 3.05) is 0 Å². The summed E-state index contributed by atoms with van der Waals surface area (Å²) in [6.07, 6.45) is 0. The van der Waals surface area contributed by atoms with Crippen LogP contribution < -0.4 is 0 Å². The molecule has 0 heterocycles. The third-order valence-corrected chi connectivity index (χ3v) is 0. The van der Waals surface area contributed by atoms with E-state index in [9.17, 15) is 0 Å². The van der Waals surface area contributed by atoms with E-state index in [1.807, 2.05) is 0 Å². The van der Waals surface area contributed by atoms with Gasteiger partial charge in [-0.2, -0.15) is 8.42 Å². The average molecular weight is 261 g/mol. The van der Waals surface area contributed by atoms with E-state index in [0.29, 0.717) is 0 Å². The summed E-state index contributed by atoms with van der Waals surface area (Å²) < 4.78 is 25.5. The summed E-state index contributed by atoms with van der Waals surface area (Å²) in [4.78, 5) is 0. The molecule has 0 aromatic heterocycles. The van der Waals surface area contributed by atoms with Crippen LogP contribution in [0.3, 0.4) is 0 Å². The summed E-state index contributed by atoms with van der Waals surface area (Å²) in [5.41, 5.74) is 0. The van der Waals surface area contributed by atoms with Gasteiger partial charge in [-0.05, 0) is 11.7 Å². The molecule has 0 unspecified atom stereocenters. The fourth-order valence-corrected chi connectivity index (χ4v) is 0. The zero-order valence-electron chi connectivity index (χ0n) is 2.12. The zero-order valence-corrected chi connectivity index (χ0v) is 3.83. The summed E-state index contributed by atoms with van der Waals surface area (Å²) in [7, 11) is -3.97. The summed E-state index contributed by atoms with van der Waals surface area (Å²) >= 11 is 2.65. The molecule has 0 aromatic carbocycles. The molecule has 0 aliphatic carbocycles. The van der Waals surface area contributed by atoms with Gasteiger partial charge in [0.2, 0.25) is 0 Å². The van der Waals surface area contributed by atoms with Crippen LogP contribution in [0.15, 0.2) is 0 Å². The first kappa shape index (κ1) is 16.0. The van der Waals surface area contributed by atoms with Crippen LogP contribution in [0.5, 0.6) is 0 Å². The summed E-state index contributed by atoms with van der Waals surface area (Å²) in [6.45, 7) is 0. The van der Waals surface area contributed by atoms with Crippen molar-refractivity contribution in [3.05, 3.63) is 0 Å². The number of rotatable bonds is 0. The van der Waals surface area contributed by atoms with Crippen LogP contribution in [0, 0.1) is 0 Å². The van der Waals surface area contributed by atoms with Gasteiger partial charge in [0, 0.05) is 0 Å². The molecule has 0 aliphatic rings. The minimum absolute atomic E-state index is 0. The van der Waals surface area contributed by atoms with Gasteiger partial charge in [-0.25, -0.2) is 0 Å².